The minimum Gasteiger partial charge on any atom is -1.00 e. The van der Waals surface area contributed by atoms with E-state index in [-0.39, 0.29) is 46.4 Å². The molecule has 0 fully saturated rings. The van der Waals surface area contributed by atoms with E-state index >= 15 is 0 Å². The van der Waals surface area contributed by atoms with Gasteiger partial charge in [-0.2, -0.15) is 0 Å². The predicted octanol–water partition coefficient (Wildman–Crippen LogP) is 1.08. The second-order valence-corrected chi connectivity index (χ2v) is 3.54. The number of nitrogens with two attached hydrogens (primary N) is 1. The number of aliphatic carboxylic acids is 1. The first-order valence-corrected chi connectivity index (χ1v) is 4.93. The maximum Gasteiger partial charge on any atom is 2.00 e. The van der Waals surface area contributed by atoms with Gasteiger partial charge in [-0.05, 0) is 25.8 Å². The molecule has 5 heteroatoms. The van der Waals surface area contributed by atoms with Crippen molar-refractivity contribution in [3.63, 3.8) is 0 Å². The Morgan fingerprint density at radius 3 is 2.06 bits per heavy atom. The van der Waals surface area contributed by atoms with Crippen LogP contribution in [-0.2, 0) is 16.0 Å². The molecule has 0 saturated carbocycles. The van der Waals surface area contributed by atoms with E-state index in [2.05, 4.69) is 0 Å². The van der Waals surface area contributed by atoms with E-state index < -0.39 is 12.0 Å². The van der Waals surface area contributed by atoms with Gasteiger partial charge in [-0.15, -0.1) is 0 Å². The Morgan fingerprint density at radius 2 is 1.71 bits per heavy atom. The Bertz CT molecular complexity index is 346. The van der Waals surface area contributed by atoms with Gasteiger partial charge in [0.25, 0.3) is 0 Å². The molecule has 3 N–H and O–H groups in total. The van der Waals surface area contributed by atoms with Crippen LogP contribution in [0.15, 0.2) is 30.3 Å². The first kappa shape index (κ1) is 18.9. The molecule has 0 amide bonds. The molecule has 1 rings (SSSR count). The number of carbonyl (C=O) groups excluding carboxylic acids is 1. The number of Topliss-reactive ketones (excluding diaryl/α,β-unsaturated/α-hetero) is 1. The molecular weight excluding hydrogens is 246 g/mol. The summed E-state index contributed by atoms with van der Waals surface area (Å²) in [5.74, 6) is -0.793. The summed E-state index contributed by atoms with van der Waals surface area (Å²) >= 11 is 0. The number of carboxylic acid groups (broad SMARTS) is 1. The zero-order valence-electron chi connectivity index (χ0n) is 12.2. The molecule has 1 aromatic carbocycles. The molecule has 1 aromatic rings. The Kier molecular flexibility index (Phi) is 11.9. The van der Waals surface area contributed by atoms with Crippen LogP contribution in [0, 0.1) is 0 Å². The van der Waals surface area contributed by atoms with Crippen molar-refractivity contribution in [2.24, 2.45) is 5.73 Å². The maximum absolute atomic E-state index is 10.4. The van der Waals surface area contributed by atoms with E-state index in [1.807, 2.05) is 30.3 Å². The van der Waals surface area contributed by atoms with Crippen LogP contribution < -0.4 is 5.73 Å². The van der Waals surface area contributed by atoms with Crippen molar-refractivity contribution in [2.75, 3.05) is 0 Å². The fraction of sp³-hybridized carbons (Fsp3) is 0.333. The summed E-state index contributed by atoms with van der Waals surface area (Å²) in [4.78, 5) is 19.8. The summed E-state index contributed by atoms with van der Waals surface area (Å²) in [5, 5.41) is 8.52. The number of ketones is 1. The third-order valence-corrected chi connectivity index (χ3v) is 1.62. The summed E-state index contributed by atoms with van der Waals surface area (Å²) in [5.41, 5.74) is 6.30. The van der Waals surface area contributed by atoms with Crippen LogP contribution in [0.3, 0.4) is 0 Å². The van der Waals surface area contributed by atoms with Gasteiger partial charge < -0.3 is 18.5 Å². The summed E-state index contributed by atoms with van der Waals surface area (Å²) < 4.78 is 0. The fourth-order valence-corrected chi connectivity index (χ4v) is 0.955. The third kappa shape index (κ3) is 11.8. The number of rotatable bonds is 3. The van der Waals surface area contributed by atoms with Gasteiger partial charge in [-0.3, -0.25) is 4.79 Å². The summed E-state index contributed by atoms with van der Waals surface area (Å²) in [6, 6.07) is 8.54. The molecular formula is C12H19CaNO3. The van der Waals surface area contributed by atoms with Gasteiger partial charge >= 0.3 is 43.7 Å². The monoisotopic (exact) mass is 265 g/mol. The number of carbonyl (C=O) groups is 2. The molecule has 0 aliphatic carbocycles. The number of benzene rings is 1. The van der Waals surface area contributed by atoms with Crippen molar-refractivity contribution in [1.82, 2.24) is 0 Å². The number of hydrogen-bond donors (Lipinski definition) is 2. The Morgan fingerprint density at radius 1 is 1.29 bits per heavy atom. The van der Waals surface area contributed by atoms with Gasteiger partial charge in [0.1, 0.15) is 11.8 Å². The number of hydrogen-bond acceptors (Lipinski definition) is 3. The van der Waals surface area contributed by atoms with E-state index in [4.69, 9.17) is 10.8 Å². The van der Waals surface area contributed by atoms with E-state index in [1.165, 1.54) is 13.8 Å². The van der Waals surface area contributed by atoms with Crippen LogP contribution in [0.5, 0.6) is 0 Å². The van der Waals surface area contributed by atoms with Crippen molar-refractivity contribution in [1.29, 1.82) is 0 Å². The molecule has 17 heavy (non-hydrogen) atoms. The maximum atomic E-state index is 10.4. The standard InChI is InChI=1S/C9H11NO2.C3H6O.Ca.2H/c10-8(9(11)12)6-7-4-2-1-3-5-7;1-3(2)4;;;/h1-5,8H,6,10H2,(H,11,12);1-2H3;;;/q;;+2;2*-1. The smallest absolute Gasteiger partial charge is 1.00 e. The van der Waals surface area contributed by atoms with Crippen LogP contribution in [0.25, 0.3) is 0 Å². The summed E-state index contributed by atoms with van der Waals surface area (Å²) in [7, 11) is 0. The van der Waals surface area contributed by atoms with E-state index in [0.717, 1.165) is 5.56 Å². The van der Waals surface area contributed by atoms with Crippen molar-refractivity contribution in [3.05, 3.63) is 35.9 Å². The first-order chi connectivity index (χ1) is 7.43. The normalized spacial score (nSPS) is 10.3. The van der Waals surface area contributed by atoms with Crippen LogP contribution >= 0.6 is 0 Å². The van der Waals surface area contributed by atoms with Crippen molar-refractivity contribution >= 4 is 49.5 Å². The van der Waals surface area contributed by atoms with E-state index in [0.29, 0.717) is 6.42 Å². The van der Waals surface area contributed by atoms with Crippen molar-refractivity contribution < 1.29 is 17.5 Å². The Balaban J connectivity index is -0.000000144. The van der Waals surface area contributed by atoms with Gasteiger partial charge in [-0.25, -0.2) is 0 Å². The predicted molar refractivity (Wildman–Crippen MR) is 70.1 cm³/mol. The third-order valence-electron chi connectivity index (χ3n) is 1.62. The zero-order valence-corrected chi connectivity index (χ0v) is 12.4. The molecule has 0 heterocycles. The van der Waals surface area contributed by atoms with Gasteiger partial charge in [0, 0.05) is 0 Å². The molecule has 0 spiro atoms. The van der Waals surface area contributed by atoms with Gasteiger partial charge in [0.05, 0.1) is 0 Å². The molecule has 92 valence electrons. The molecule has 1 unspecified atom stereocenters. The number of carboxylic acids is 1. The van der Waals surface area contributed by atoms with Crippen LogP contribution in [0.1, 0.15) is 22.3 Å². The second-order valence-electron chi connectivity index (χ2n) is 3.54. The Labute approximate surface area is 134 Å². The van der Waals surface area contributed by atoms with Gasteiger partial charge in [0.15, 0.2) is 0 Å². The quantitative estimate of drug-likeness (QED) is 0.801. The van der Waals surface area contributed by atoms with Gasteiger partial charge in [0.2, 0.25) is 0 Å². The minimum absolute atomic E-state index is 0. The molecule has 0 aromatic heterocycles. The average Bonchev–Trinajstić information content (AvgIpc) is 2.18. The van der Waals surface area contributed by atoms with Gasteiger partial charge in [-0.1, -0.05) is 30.3 Å². The topological polar surface area (TPSA) is 80.4 Å². The van der Waals surface area contributed by atoms with Crippen molar-refractivity contribution in [2.45, 2.75) is 26.3 Å². The second kappa shape index (κ2) is 10.7. The SMILES string of the molecule is CC(C)=O.NC(Cc1ccccc1)C(=O)O.[Ca+2].[H-].[H-]. The van der Waals surface area contributed by atoms with E-state index in [1.54, 1.807) is 0 Å². The first-order valence-electron chi connectivity index (χ1n) is 4.93. The molecule has 1 atom stereocenters. The van der Waals surface area contributed by atoms with E-state index in [9.17, 15) is 9.59 Å². The largest absolute Gasteiger partial charge is 2.00 e. The minimum atomic E-state index is -0.959. The van der Waals surface area contributed by atoms with Crippen molar-refractivity contribution in [3.8, 4) is 0 Å². The molecule has 0 aliphatic rings. The average molecular weight is 265 g/mol. The fourth-order valence-electron chi connectivity index (χ4n) is 0.955. The van der Waals surface area contributed by atoms with Crippen LogP contribution in [0.2, 0.25) is 0 Å². The summed E-state index contributed by atoms with van der Waals surface area (Å²) in [6.45, 7) is 3.06. The Hall–Kier alpha value is -0.420. The molecule has 0 radical (unpaired) electrons. The summed E-state index contributed by atoms with van der Waals surface area (Å²) in [6.07, 6.45) is 0.385. The molecule has 0 aliphatic heterocycles. The molecule has 0 bridgehead atoms. The zero-order chi connectivity index (χ0) is 12.6. The molecule has 0 saturated heterocycles. The van der Waals surface area contributed by atoms with Crippen LogP contribution in [0.4, 0.5) is 0 Å². The van der Waals surface area contributed by atoms with Crippen LogP contribution in [-0.4, -0.2) is 60.6 Å². The molecule has 4 nitrogen and oxygen atoms in total.